The predicted octanol–water partition coefficient (Wildman–Crippen LogP) is 1.02. The topological polar surface area (TPSA) is 141 Å². The standard InChI is InChI=1S/C11H21N5O3/c1-11(2,7-15-16-13)10(19)14-6-4-3-5-8(12)9(17)18/h8H,3-7,12H2,1-2H3,(H,14,19)(H,17,18)/t8-/m0/s1. The lowest BCUT2D eigenvalue weighted by molar-refractivity contribution is -0.138. The average Bonchev–Trinajstić information content (AvgIpc) is 2.35. The molecular formula is C11H21N5O3. The summed E-state index contributed by atoms with van der Waals surface area (Å²) in [6.45, 7) is 3.93. The van der Waals surface area contributed by atoms with Crippen molar-refractivity contribution < 1.29 is 14.7 Å². The molecule has 0 bridgehead atoms. The minimum atomic E-state index is -1.01. The first-order valence-corrected chi connectivity index (χ1v) is 6.09. The van der Waals surface area contributed by atoms with Crippen LogP contribution >= 0.6 is 0 Å². The van der Waals surface area contributed by atoms with Gasteiger partial charge in [0.05, 0.1) is 0 Å². The molecule has 108 valence electrons. The number of carboxylic acids is 1. The maximum absolute atomic E-state index is 11.8. The summed E-state index contributed by atoms with van der Waals surface area (Å²) < 4.78 is 0. The monoisotopic (exact) mass is 271 g/mol. The van der Waals surface area contributed by atoms with Crippen molar-refractivity contribution >= 4 is 11.9 Å². The zero-order valence-electron chi connectivity index (χ0n) is 11.3. The molecule has 0 aliphatic rings. The van der Waals surface area contributed by atoms with E-state index in [2.05, 4.69) is 15.3 Å². The predicted molar refractivity (Wildman–Crippen MR) is 70.3 cm³/mol. The molecule has 0 unspecified atom stereocenters. The van der Waals surface area contributed by atoms with Crippen LogP contribution in [-0.2, 0) is 9.59 Å². The van der Waals surface area contributed by atoms with Crippen LogP contribution in [0.1, 0.15) is 33.1 Å². The normalized spacial score (nSPS) is 12.4. The van der Waals surface area contributed by atoms with E-state index in [0.29, 0.717) is 25.8 Å². The van der Waals surface area contributed by atoms with Crippen LogP contribution in [0.5, 0.6) is 0 Å². The van der Waals surface area contributed by atoms with Crippen molar-refractivity contribution in [2.75, 3.05) is 13.1 Å². The number of nitrogens with zero attached hydrogens (tertiary/aromatic N) is 3. The highest BCUT2D eigenvalue weighted by Crippen LogP contribution is 2.15. The molecule has 19 heavy (non-hydrogen) atoms. The number of carbonyl (C=O) groups is 2. The number of carboxylic acid groups (broad SMARTS) is 1. The second kappa shape index (κ2) is 8.34. The fourth-order valence-electron chi connectivity index (χ4n) is 1.33. The number of unbranched alkanes of at least 4 members (excludes halogenated alkanes) is 1. The lowest BCUT2D eigenvalue weighted by Gasteiger charge is -2.21. The molecule has 4 N–H and O–H groups in total. The summed E-state index contributed by atoms with van der Waals surface area (Å²) >= 11 is 0. The van der Waals surface area contributed by atoms with Gasteiger partial charge < -0.3 is 16.2 Å². The molecule has 0 aromatic rings. The number of aliphatic carboxylic acids is 1. The second-order valence-electron chi connectivity index (χ2n) is 4.97. The van der Waals surface area contributed by atoms with Gasteiger partial charge in [0.25, 0.3) is 0 Å². The summed E-state index contributed by atoms with van der Waals surface area (Å²) in [5.74, 6) is -1.21. The van der Waals surface area contributed by atoms with Gasteiger partial charge in [-0.3, -0.25) is 9.59 Å². The summed E-state index contributed by atoms with van der Waals surface area (Å²) in [6, 6.07) is -0.850. The Morgan fingerprint density at radius 2 is 2.11 bits per heavy atom. The summed E-state index contributed by atoms with van der Waals surface area (Å²) in [5, 5.41) is 14.7. The molecular weight excluding hydrogens is 250 g/mol. The Kier molecular flexibility index (Phi) is 7.55. The molecule has 8 heteroatoms. The first kappa shape index (κ1) is 17.2. The highest BCUT2D eigenvalue weighted by molar-refractivity contribution is 5.82. The number of nitrogens with one attached hydrogen (secondary N) is 1. The zero-order chi connectivity index (χ0) is 14.9. The summed E-state index contributed by atoms with van der Waals surface area (Å²) in [5.41, 5.74) is 12.8. The van der Waals surface area contributed by atoms with Gasteiger partial charge in [-0.25, -0.2) is 0 Å². The van der Waals surface area contributed by atoms with Crippen LogP contribution in [0.4, 0.5) is 0 Å². The van der Waals surface area contributed by atoms with E-state index in [9.17, 15) is 9.59 Å². The summed E-state index contributed by atoms with van der Waals surface area (Å²) in [4.78, 5) is 24.9. The molecule has 0 spiro atoms. The van der Waals surface area contributed by atoms with E-state index in [1.165, 1.54) is 0 Å². The van der Waals surface area contributed by atoms with Crippen molar-refractivity contribution in [3.8, 4) is 0 Å². The van der Waals surface area contributed by atoms with E-state index in [-0.39, 0.29) is 12.5 Å². The summed E-state index contributed by atoms with van der Waals surface area (Å²) in [7, 11) is 0. The van der Waals surface area contributed by atoms with Crippen molar-refractivity contribution in [2.45, 2.75) is 39.2 Å². The molecule has 8 nitrogen and oxygen atoms in total. The number of amides is 1. The fourth-order valence-corrected chi connectivity index (χ4v) is 1.33. The fraction of sp³-hybridized carbons (Fsp3) is 0.818. The third-order valence-electron chi connectivity index (χ3n) is 2.69. The number of hydrogen-bond donors (Lipinski definition) is 3. The maximum Gasteiger partial charge on any atom is 0.320 e. The van der Waals surface area contributed by atoms with Crippen LogP contribution in [0.15, 0.2) is 5.11 Å². The minimum absolute atomic E-state index is 0.0965. The van der Waals surface area contributed by atoms with Gasteiger partial charge in [0.2, 0.25) is 5.91 Å². The molecule has 0 aromatic carbocycles. The molecule has 0 aromatic heterocycles. The van der Waals surface area contributed by atoms with Crippen LogP contribution in [-0.4, -0.2) is 36.1 Å². The van der Waals surface area contributed by atoms with E-state index in [0.717, 1.165) is 0 Å². The molecule has 0 fully saturated rings. The maximum atomic E-state index is 11.8. The Labute approximate surface area is 112 Å². The Bertz CT molecular complexity index is 363. The highest BCUT2D eigenvalue weighted by Gasteiger charge is 2.26. The van der Waals surface area contributed by atoms with Gasteiger partial charge >= 0.3 is 5.97 Å². The minimum Gasteiger partial charge on any atom is -0.480 e. The van der Waals surface area contributed by atoms with E-state index < -0.39 is 17.4 Å². The SMILES string of the molecule is CC(C)(CN=[N+]=[N-])C(=O)NCCCC[C@H](N)C(=O)O. The number of carbonyl (C=O) groups excluding carboxylic acids is 1. The van der Waals surface area contributed by atoms with Crippen molar-refractivity contribution in [3.05, 3.63) is 10.4 Å². The molecule has 1 atom stereocenters. The van der Waals surface area contributed by atoms with Crippen molar-refractivity contribution in [2.24, 2.45) is 16.3 Å². The molecule has 0 saturated carbocycles. The Hall–Kier alpha value is -1.79. The van der Waals surface area contributed by atoms with Crippen LogP contribution in [0.2, 0.25) is 0 Å². The second-order valence-corrected chi connectivity index (χ2v) is 4.97. The van der Waals surface area contributed by atoms with Crippen molar-refractivity contribution in [3.63, 3.8) is 0 Å². The quantitative estimate of drug-likeness (QED) is 0.249. The Morgan fingerprint density at radius 3 is 2.63 bits per heavy atom. The van der Waals surface area contributed by atoms with Crippen LogP contribution in [0.3, 0.4) is 0 Å². The van der Waals surface area contributed by atoms with E-state index in [1.807, 2.05) is 0 Å². The number of hydrogen-bond acceptors (Lipinski definition) is 4. The molecule has 0 radical (unpaired) electrons. The van der Waals surface area contributed by atoms with Gasteiger partial charge in [0.15, 0.2) is 0 Å². The van der Waals surface area contributed by atoms with E-state index in [1.54, 1.807) is 13.8 Å². The van der Waals surface area contributed by atoms with Gasteiger partial charge in [-0.1, -0.05) is 19.0 Å². The van der Waals surface area contributed by atoms with Gasteiger partial charge in [-0.05, 0) is 24.8 Å². The van der Waals surface area contributed by atoms with Crippen LogP contribution < -0.4 is 11.1 Å². The molecule has 0 heterocycles. The smallest absolute Gasteiger partial charge is 0.320 e. The number of azide groups is 1. The lowest BCUT2D eigenvalue weighted by Crippen LogP contribution is -2.39. The number of rotatable bonds is 9. The van der Waals surface area contributed by atoms with Gasteiger partial charge in [0, 0.05) is 23.4 Å². The largest absolute Gasteiger partial charge is 0.480 e. The molecule has 0 aliphatic carbocycles. The summed E-state index contributed by atoms with van der Waals surface area (Å²) in [6.07, 6.45) is 1.67. The third kappa shape index (κ3) is 7.28. The number of nitrogens with two attached hydrogens (primary N) is 1. The molecule has 0 aliphatic heterocycles. The molecule has 0 rings (SSSR count). The Balaban J connectivity index is 3.86. The molecule has 1 amide bonds. The highest BCUT2D eigenvalue weighted by atomic mass is 16.4. The van der Waals surface area contributed by atoms with Gasteiger partial charge in [-0.15, -0.1) is 0 Å². The first-order valence-electron chi connectivity index (χ1n) is 6.09. The van der Waals surface area contributed by atoms with Crippen LogP contribution in [0, 0.1) is 5.41 Å². The van der Waals surface area contributed by atoms with Gasteiger partial charge in [-0.2, -0.15) is 0 Å². The van der Waals surface area contributed by atoms with Crippen molar-refractivity contribution in [1.29, 1.82) is 0 Å². The van der Waals surface area contributed by atoms with E-state index >= 15 is 0 Å². The van der Waals surface area contributed by atoms with Crippen molar-refractivity contribution in [1.82, 2.24) is 5.32 Å². The lowest BCUT2D eigenvalue weighted by atomic mass is 9.92. The zero-order valence-corrected chi connectivity index (χ0v) is 11.3. The van der Waals surface area contributed by atoms with E-state index in [4.69, 9.17) is 16.4 Å². The van der Waals surface area contributed by atoms with Gasteiger partial charge in [0.1, 0.15) is 6.04 Å². The third-order valence-corrected chi connectivity index (χ3v) is 2.69. The average molecular weight is 271 g/mol. The van der Waals surface area contributed by atoms with Crippen LogP contribution in [0.25, 0.3) is 10.4 Å². The Morgan fingerprint density at radius 1 is 1.47 bits per heavy atom. The first-order chi connectivity index (χ1) is 8.81. The molecule has 0 saturated heterocycles.